The summed E-state index contributed by atoms with van der Waals surface area (Å²) in [6.45, 7) is 2.20. The Kier molecular flexibility index (Phi) is 6.72. The lowest BCUT2D eigenvalue weighted by Gasteiger charge is -2.24. The average Bonchev–Trinajstić information content (AvgIpc) is 2.84. The molecule has 0 unspecified atom stereocenters. The molecule has 1 heterocycles. The summed E-state index contributed by atoms with van der Waals surface area (Å²) in [7, 11) is -0.743. The van der Waals surface area contributed by atoms with Gasteiger partial charge in [-0.25, -0.2) is 8.42 Å². The molecule has 176 valence electrons. The first kappa shape index (κ1) is 23.5. The molecule has 0 fully saturated rings. The molecule has 0 saturated heterocycles. The summed E-state index contributed by atoms with van der Waals surface area (Å²) in [5.74, 6) is 1.41. The van der Waals surface area contributed by atoms with Crippen LogP contribution in [0.5, 0.6) is 11.5 Å². The summed E-state index contributed by atoms with van der Waals surface area (Å²) in [5.41, 5.74) is 8.89. The first-order valence-electron chi connectivity index (χ1n) is 10.7. The van der Waals surface area contributed by atoms with E-state index < -0.39 is 10.0 Å². The van der Waals surface area contributed by atoms with E-state index in [1.807, 2.05) is 55.5 Å². The topological polar surface area (TPSA) is 94.8 Å². The molecule has 4 rings (SSSR count). The summed E-state index contributed by atoms with van der Waals surface area (Å²) in [4.78, 5) is 4.46. The van der Waals surface area contributed by atoms with Crippen LogP contribution in [-0.4, -0.2) is 31.9 Å². The zero-order chi connectivity index (χ0) is 24.3. The van der Waals surface area contributed by atoms with Gasteiger partial charge in [-0.05, 0) is 60.5 Å². The van der Waals surface area contributed by atoms with Crippen molar-refractivity contribution in [2.75, 3.05) is 20.0 Å². The summed E-state index contributed by atoms with van der Waals surface area (Å²) >= 11 is 0. The van der Waals surface area contributed by atoms with E-state index in [1.54, 1.807) is 32.5 Å². The fourth-order valence-electron chi connectivity index (χ4n) is 3.86. The Bertz CT molecular complexity index is 1350. The van der Waals surface area contributed by atoms with Gasteiger partial charge in [0.15, 0.2) is 0 Å². The Morgan fingerprint density at radius 1 is 0.824 bits per heavy atom. The number of aryl methyl sites for hydroxylation is 1. The minimum absolute atomic E-state index is 0.162. The first-order chi connectivity index (χ1) is 16.3. The summed E-state index contributed by atoms with van der Waals surface area (Å²) < 4.78 is 40.1. The molecule has 0 amide bonds. The molecule has 8 heteroatoms. The molecule has 0 atom stereocenters. The SMILES string of the molecule is COc1ccc(CN(Cc2ccc(OC)cc2)S(=O)(=O)c2cc(N)cc3c(C)nccc23)cc1. The van der Waals surface area contributed by atoms with E-state index in [9.17, 15) is 8.42 Å². The van der Waals surface area contributed by atoms with Crippen LogP contribution in [0.25, 0.3) is 10.8 Å². The third-order valence-corrected chi connectivity index (χ3v) is 7.55. The zero-order valence-electron chi connectivity index (χ0n) is 19.4. The van der Waals surface area contributed by atoms with Crippen LogP contribution < -0.4 is 15.2 Å². The fraction of sp³-hybridized carbons (Fsp3) is 0.192. The number of methoxy groups -OCH3 is 2. The molecule has 1 aromatic heterocycles. The number of fused-ring (bicyclic) bond motifs is 1. The van der Waals surface area contributed by atoms with E-state index in [4.69, 9.17) is 15.2 Å². The molecule has 0 spiro atoms. The van der Waals surface area contributed by atoms with E-state index in [0.29, 0.717) is 22.6 Å². The van der Waals surface area contributed by atoms with Crippen molar-refractivity contribution < 1.29 is 17.9 Å². The predicted octanol–water partition coefficient (Wildman–Crippen LogP) is 4.53. The Hall–Kier alpha value is -3.62. The molecule has 0 aliphatic carbocycles. The number of nitrogen functional groups attached to an aromatic ring is 1. The lowest BCUT2D eigenvalue weighted by Crippen LogP contribution is -2.30. The van der Waals surface area contributed by atoms with Crippen LogP contribution in [-0.2, 0) is 23.1 Å². The number of hydrogen-bond acceptors (Lipinski definition) is 6. The molecule has 0 aliphatic rings. The van der Waals surface area contributed by atoms with Crippen molar-refractivity contribution in [2.45, 2.75) is 24.9 Å². The highest BCUT2D eigenvalue weighted by Crippen LogP contribution is 2.31. The number of ether oxygens (including phenoxy) is 2. The van der Waals surface area contributed by atoms with Crippen molar-refractivity contribution in [3.05, 3.63) is 89.7 Å². The van der Waals surface area contributed by atoms with Crippen molar-refractivity contribution in [1.82, 2.24) is 9.29 Å². The number of aromatic nitrogens is 1. The van der Waals surface area contributed by atoms with Gasteiger partial charge < -0.3 is 15.2 Å². The van der Waals surface area contributed by atoms with Crippen LogP contribution in [0.3, 0.4) is 0 Å². The number of hydrogen-bond donors (Lipinski definition) is 1. The second kappa shape index (κ2) is 9.70. The average molecular weight is 478 g/mol. The van der Waals surface area contributed by atoms with E-state index in [-0.39, 0.29) is 18.0 Å². The second-order valence-electron chi connectivity index (χ2n) is 7.98. The van der Waals surface area contributed by atoms with Gasteiger partial charge >= 0.3 is 0 Å². The Balaban J connectivity index is 1.80. The van der Waals surface area contributed by atoms with Gasteiger partial charge in [0.05, 0.1) is 19.1 Å². The molecule has 7 nitrogen and oxygen atoms in total. The van der Waals surface area contributed by atoms with Crippen molar-refractivity contribution in [1.29, 1.82) is 0 Å². The van der Waals surface area contributed by atoms with E-state index in [0.717, 1.165) is 22.2 Å². The quantitative estimate of drug-likeness (QED) is 0.375. The molecule has 0 saturated carbocycles. The zero-order valence-corrected chi connectivity index (χ0v) is 20.2. The van der Waals surface area contributed by atoms with Gasteiger partial charge in [0.1, 0.15) is 11.5 Å². The molecule has 2 N–H and O–H groups in total. The number of nitrogens with two attached hydrogens (primary N) is 1. The number of benzene rings is 3. The maximum absolute atomic E-state index is 14.1. The minimum atomic E-state index is -3.93. The minimum Gasteiger partial charge on any atom is -0.497 e. The van der Waals surface area contributed by atoms with Gasteiger partial charge in [-0.1, -0.05) is 24.3 Å². The Morgan fingerprint density at radius 3 is 1.85 bits per heavy atom. The fourth-order valence-corrected chi connectivity index (χ4v) is 5.52. The normalized spacial score (nSPS) is 11.6. The highest BCUT2D eigenvalue weighted by Gasteiger charge is 2.28. The van der Waals surface area contributed by atoms with Crippen molar-refractivity contribution >= 4 is 26.5 Å². The highest BCUT2D eigenvalue weighted by atomic mass is 32.2. The van der Waals surface area contributed by atoms with Crippen LogP contribution in [0.1, 0.15) is 16.8 Å². The summed E-state index contributed by atoms with van der Waals surface area (Å²) in [6, 6.07) is 19.7. The monoisotopic (exact) mass is 477 g/mol. The van der Waals surface area contributed by atoms with Crippen LogP contribution in [0.15, 0.2) is 77.8 Å². The van der Waals surface area contributed by atoms with Gasteiger partial charge in [-0.15, -0.1) is 0 Å². The largest absolute Gasteiger partial charge is 0.497 e. The van der Waals surface area contributed by atoms with Crippen LogP contribution in [0.4, 0.5) is 5.69 Å². The maximum Gasteiger partial charge on any atom is 0.244 e. The molecule has 34 heavy (non-hydrogen) atoms. The number of pyridine rings is 1. The Labute approximate surface area is 199 Å². The van der Waals surface area contributed by atoms with Gasteiger partial charge in [0.2, 0.25) is 10.0 Å². The van der Waals surface area contributed by atoms with Crippen molar-refractivity contribution in [3.8, 4) is 11.5 Å². The lowest BCUT2D eigenvalue weighted by molar-refractivity contribution is 0.398. The van der Waals surface area contributed by atoms with Gasteiger partial charge in [-0.2, -0.15) is 4.31 Å². The van der Waals surface area contributed by atoms with Gasteiger partial charge in [0, 0.05) is 41.4 Å². The van der Waals surface area contributed by atoms with Gasteiger partial charge in [-0.3, -0.25) is 4.98 Å². The van der Waals surface area contributed by atoms with Crippen LogP contribution in [0.2, 0.25) is 0 Å². The number of anilines is 1. The standard InChI is InChI=1S/C26H27N3O4S/c1-18-25-14-21(27)15-26(24(25)12-13-28-18)34(30,31)29(16-19-4-8-22(32-2)9-5-19)17-20-6-10-23(33-3)11-7-20/h4-15H,16-17,27H2,1-3H3. The van der Waals surface area contributed by atoms with Crippen molar-refractivity contribution in [2.24, 2.45) is 0 Å². The molecular formula is C26H27N3O4S. The van der Waals surface area contributed by atoms with E-state index in [1.165, 1.54) is 10.4 Å². The van der Waals surface area contributed by atoms with Crippen molar-refractivity contribution in [3.63, 3.8) is 0 Å². The highest BCUT2D eigenvalue weighted by molar-refractivity contribution is 7.89. The molecular weight excluding hydrogens is 450 g/mol. The summed E-state index contributed by atoms with van der Waals surface area (Å²) in [6.07, 6.45) is 1.62. The van der Waals surface area contributed by atoms with Crippen LogP contribution in [0, 0.1) is 6.92 Å². The van der Waals surface area contributed by atoms with Crippen LogP contribution >= 0.6 is 0 Å². The Morgan fingerprint density at radius 2 is 1.35 bits per heavy atom. The summed E-state index contributed by atoms with van der Waals surface area (Å²) in [5, 5.41) is 1.31. The first-order valence-corrected chi connectivity index (χ1v) is 12.2. The number of sulfonamides is 1. The third kappa shape index (κ3) is 4.83. The van der Waals surface area contributed by atoms with E-state index in [2.05, 4.69) is 4.98 Å². The van der Waals surface area contributed by atoms with Gasteiger partial charge in [0.25, 0.3) is 0 Å². The predicted molar refractivity (Wildman–Crippen MR) is 133 cm³/mol. The second-order valence-corrected chi connectivity index (χ2v) is 9.89. The lowest BCUT2D eigenvalue weighted by atomic mass is 10.1. The molecule has 0 bridgehead atoms. The molecule has 4 aromatic rings. The smallest absolute Gasteiger partial charge is 0.244 e. The van der Waals surface area contributed by atoms with E-state index >= 15 is 0 Å². The molecule has 3 aromatic carbocycles. The number of rotatable bonds is 8. The maximum atomic E-state index is 14.1. The number of nitrogens with zero attached hydrogens (tertiary/aromatic N) is 2. The third-order valence-electron chi connectivity index (χ3n) is 5.72. The molecule has 0 aliphatic heterocycles. The molecule has 0 radical (unpaired) electrons.